The van der Waals surface area contributed by atoms with Crippen molar-refractivity contribution in [2.24, 2.45) is 0 Å². The number of carbonyl (C=O) groups is 1. The van der Waals surface area contributed by atoms with Crippen molar-refractivity contribution in [3.05, 3.63) is 54.1 Å². The quantitative estimate of drug-likeness (QED) is 0.811. The number of nitrogens with zero attached hydrogens (tertiary/aromatic N) is 1. The third-order valence-electron chi connectivity index (χ3n) is 4.14. The summed E-state index contributed by atoms with van der Waals surface area (Å²) in [5.74, 6) is -0.993. The van der Waals surface area contributed by atoms with E-state index in [9.17, 15) is 26.4 Å². The van der Waals surface area contributed by atoms with Gasteiger partial charge >= 0.3 is 6.36 Å². The van der Waals surface area contributed by atoms with Gasteiger partial charge in [-0.2, -0.15) is 4.31 Å². The van der Waals surface area contributed by atoms with Crippen molar-refractivity contribution in [2.75, 3.05) is 18.4 Å². The molecule has 0 aliphatic carbocycles. The number of sulfonamides is 1. The van der Waals surface area contributed by atoms with Crippen molar-refractivity contribution in [3.8, 4) is 5.75 Å². The molecule has 1 aliphatic heterocycles. The molecule has 1 aliphatic rings. The van der Waals surface area contributed by atoms with E-state index in [1.165, 1.54) is 40.7 Å². The highest BCUT2D eigenvalue weighted by molar-refractivity contribution is 7.89. The van der Waals surface area contributed by atoms with Crippen LogP contribution >= 0.6 is 0 Å². The average Bonchev–Trinajstić information content (AvgIpc) is 3.18. The number of anilines is 1. The van der Waals surface area contributed by atoms with Gasteiger partial charge in [-0.1, -0.05) is 6.07 Å². The van der Waals surface area contributed by atoms with Gasteiger partial charge in [-0.05, 0) is 55.3 Å². The summed E-state index contributed by atoms with van der Waals surface area (Å²) in [4.78, 5) is 12.4. The fraction of sp³-hybridized carbons (Fsp3) is 0.278. The Labute approximate surface area is 160 Å². The van der Waals surface area contributed by atoms with Crippen molar-refractivity contribution < 1.29 is 31.1 Å². The Kier molecular flexibility index (Phi) is 5.61. The lowest BCUT2D eigenvalue weighted by Gasteiger charge is -2.16. The summed E-state index contributed by atoms with van der Waals surface area (Å²) < 4.78 is 66.9. The molecule has 0 spiro atoms. The number of amides is 1. The van der Waals surface area contributed by atoms with Crippen molar-refractivity contribution in [2.45, 2.75) is 24.1 Å². The van der Waals surface area contributed by atoms with E-state index in [4.69, 9.17) is 0 Å². The highest BCUT2D eigenvalue weighted by Gasteiger charge is 2.31. The molecule has 1 fully saturated rings. The van der Waals surface area contributed by atoms with E-state index in [0.29, 0.717) is 13.1 Å². The number of carbonyl (C=O) groups excluding carboxylic acids is 1. The van der Waals surface area contributed by atoms with Crippen LogP contribution in [0.3, 0.4) is 0 Å². The van der Waals surface area contributed by atoms with Gasteiger partial charge in [-0.15, -0.1) is 13.2 Å². The second kappa shape index (κ2) is 7.80. The van der Waals surface area contributed by atoms with Crippen LogP contribution in [0, 0.1) is 0 Å². The minimum Gasteiger partial charge on any atom is -0.406 e. The Morgan fingerprint density at radius 3 is 2.29 bits per heavy atom. The maximum Gasteiger partial charge on any atom is 0.573 e. The molecule has 0 saturated carbocycles. The zero-order valence-electron chi connectivity index (χ0n) is 14.6. The predicted octanol–water partition coefficient (Wildman–Crippen LogP) is 3.62. The first-order valence-electron chi connectivity index (χ1n) is 8.42. The van der Waals surface area contributed by atoms with Gasteiger partial charge in [-0.25, -0.2) is 8.42 Å². The van der Waals surface area contributed by atoms with Gasteiger partial charge in [0.05, 0.1) is 4.90 Å². The first-order chi connectivity index (χ1) is 13.1. The lowest BCUT2D eigenvalue weighted by molar-refractivity contribution is -0.274. The Morgan fingerprint density at radius 1 is 1.04 bits per heavy atom. The Bertz CT molecular complexity index is 954. The summed E-state index contributed by atoms with van der Waals surface area (Å²) in [6.07, 6.45) is -3.20. The Balaban J connectivity index is 1.73. The minimum atomic E-state index is -4.80. The van der Waals surface area contributed by atoms with Crippen LogP contribution in [0.4, 0.5) is 18.9 Å². The van der Waals surface area contributed by atoms with Gasteiger partial charge in [-0.3, -0.25) is 4.79 Å². The molecule has 10 heteroatoms. The van der Waals surface area contributed by atoms with Crippen LogP contribution in [-0.4, -0.2) is 38.1 Å². The number of hydrogen-bond donors (Lipinski definition) is 1. The Morgan fingerprint density at radius 2 is 1.68 bits per heavy atom. The summed E-state index contributed by atoms with van der Waals surface area (Å²) >= 11 is 0. The second-order valence-corrected chi connectivity index (χ2v) is 8.10. The van der Waals surface area contributed by atoms with Crippen molar-refractivity contribution in [3.63, 3.8) is 0 Å². The van der Waals surface area contributed by atoms with Gasteiger partial charge < -0.3 is 10.1 Å². The van der Waals surface area contributed by atoms with Crippen LogP contribution in [0.5, 0.6) is 5.75 Å². The number of benzene rings is 2. The van der Waals surface area contributed by atoms with E-state index in [1.54, 1.807) is 0 Å². The highest BCUT2D eigenvalue weighted by Crippen LogP contribution is 2.25. The number of nitrogens with one attached hydrogen (secondary N) is 1. The fourth-order valence-corrected chi connectivity index (χ4v) is 4.38. The van der Waals surface area contributed by atoms with Gasteiger partial charge in [0.25, 0.3) is 5.91 Å². The fourth-order valence-electron chi connectivity index (χ4n) is 2.82. The first kappa shape index (κ1) is 20.2. The topological polar surface area (TPSA) is 75.7 Å². The molecular formula is C18H17F3N2O4S. The molecule has 6 nitrogen and oxygen atoms in total. The summed E-state index contributed by atoms with van der Waals surface area (Å²) in [6.45, 7) is 0.899. The SMILES string of the molecule is O=C(Nc1ccc(OC(F)(F)F)cc1)c1cccc(S(=O)(=O)N2CCCC2)c1. The van der Waals surface area contributed by atoms with Gasteiger partial charge in [0.2, 0.25) is 10.0 Å². The normalized spacial score (nSPS) is 15.4. The van der Waals surface area contributed by atoms with Gasteiger partial charge in [0.1, 0.15) is 5.75 Å². The average molecular weight is 414 g/mol. The number of halogens is 3. The predicted molar refractivity (Wildman–Crippen MR) is 95.5 cm³/mol. The molecule has 1 saturated heterocycles. The molecule has 1 amide bonds. The summed E-state index contributed by atoms with van der Waals surface area (Å²) in [5.41, 5.74) is 0.364. The van der Waals surface area contributed by atoms with Crippen molar-refractivity contribution >= 4 is 21.6 Å². The lowest BCUT2D eigenvalue weighted by atomic mass is 10.2. The summed E-state index contributed by atoms with van der Waals surface area (Å²) in [5, 5.41) is 2.51. The van der Waals surface area contributed by atoms with Crippen LogP contribution in [0.2, 0.25) is 0 Å². The van der Waals surface area contributed by atoms with E-state index in [-0.39, 0.29) is 16.1 Å². The molecule has 1 N–H and O–H groups in total. The first-order valence-corrected chi connectivity index (χ1v) is 9.86. The number of rotatable bonds is 5. The minimum absolute atomic E-state index is 0.0241. The molecule has 1 heterocycles. The summed E-state index contributed by atoms with van der Waals surface area (Å²) in [7, 11) is -3.66. The highest BCUT2D eigenvalue weighted by atomic mass is 32.2. The molecular weight excluding hydrogens is 397 g/mol. The van der Waals surface area contributed by atoms with E-state index in [0.717, 1.165) is 25.0 Å². The monoisotopic (exact) mass is 414 g/mol. The van der Waals surface area contributed by atoms with Gasteiger partial charge in [0.15, 0.2) is 0 Å². The van der Waals surface area contributed by atoms with E-state index in [2.05, 4.69) is 10.1 Å². The number of ether oxygens (including phenoxy) is 1. The van der Waals surface area contributed by atoms with Crippen LogP contribution in [0.15, 0.2) is 53.4 Å². The lowest BCUT2D eigenvalue weighted by Crippen LogP contribution is -2.28. The zero-order chi connectivity index (χ0) is 20.4. The van der Waals surface area contributed by atoms with Crippen LogP contribution in [0.25, 0.3) is 0 Å². The second-order valence-electron chi connectivity index (χ2n) is 6.17. The number of hydrogen-bond acceptors (Lipinski definition) is 4. The third-order valence-corrected chi connectivity index (χ3v) is 6.04. The molecule has 28 heavy (non-hydrogen) atoms. The van der Waals surface area contributed by atoms with Crippen LogP contribution in [0.1, 0.15) is 23.2 Å². The van der Waals surface area contributed by atoms with Crippen molar-refractivity contribution in [1.82, 2.24) is 4.31 Å². The molecule has 0 aromatic heterocycles. The zero-order valence-corrected chi connectivity index (χ0v) is 15.4. The van der Waals surface area contributed by atoms with E-state index in [1.807, 2.05) is 0 Å². The van der Waals surface area contributed by atoms with Crippen LogP contribution in [-0.2, 0) is 10.0 Å². The summed E-state index contributed by atoms with van der Waals surface area (Å²) in [6, 6.07) is 10.3. The van der Waals surface area contributed by atoms with Crippen molar-refractivity contribution in [1.29, 1.82) is 0 Å². The molecule has 0 radical (unpaired) electrons. The molecule has 2 aromatic rings. The molecule has 0 unspecified atom stereocenters. The Hall–Kier alpha value is -2.59. The number of alkyl halides is 3. The smallest absolute Gasteiger partial charge is 0.406 e. The molecule has 3 rings (SSSR count). The molecule has 0 atom stereocenters. The molecule has 2 aromatic carbocycles. The van der Waals surface area contributed by atoms with E-state index >= 15 is 0 Å². The third kappa shape index (κ3) is 4.82. The molecule has 0 bridgehead atoms. The largest absolute Gasteiger partial charge is 0.573 e. The maximum absolute atomic E-state index is 12.6. The standard InChI is InChI=1S/C18H17F3N2O4S/c19-18(20,21)27-15-8-6-14(7-9-15)22-17(24)13-4-3-5-16(12-13)28(25,26)23-10-1-2-11-23/h3-9,12H,1-2,10-11H2,(H,22,24). The molecule has 150 valence electrons. The van der Waals surface area contributed by atoms with Gasteiger partial charge in [0, 0.05) is 24.3 Å². The maximum atomic E-state index is 12.6. The van der Waals surface area contributed by atoms with Crippen LogP contribution < -0.4 is 10.1 Å². The van der Waals surface area contributed by atoms with E-state index < -0.39 is 28.0 Å².